The number of pyridine rings is 1. The van der Waals surface area contributed by atoms with Crippen LogP contribution in [0.5, 0.6) is 0 Å². The van der Waals surface area contributed by atoms with Gasteiger partial charge < -0.3 is 10.1 Å². The smallest absolute Gasteiger partial charge is 0.339 e. The summed E-state index contributed by atoms with van der Waals surface area (Å²) in [6.45, 7) is 6.29. The van der Waals surface area contributed by atoms with Gasteiger partial charge in [-0.1, -0.05) is 93.0 Å². The molecule has 5 nitrogen and oxygen atoms in total. The Balaban J connectivity index is 1.34. The maximum atomic E-state index is 13.9. The molecule has 1 aliphatic rings. The van der Waals surface area contributed by atoms with Crippen molar-refractivity contribution < 1.29 is 14.3 Å². The van der Waals surface area contributed by atoms with E-state index in [0.717, 1.165) is 45.0 Å². The van der Waals surface area contributed by atoms with Crippen LogP contribution in [-0.4, -0.2) is 23.5 Å². The fraction of sp³-hybridized carbons (Fsp3) is 0.216. The maximum absolute atomic E-state index is 13.9. The Morgan fingerprint density at radius 1 is 0.930 bits per heavy atom. The van der Waals surface area contributed by atoms with Crippen molar-refractivity contribution >= 4 is 62.5 Å². The van der Waals surface area contributed by atoms with Crippen molar-refractivity contribution in [3.8, 4) is 0 Å². The fourth-order valence-corrected chi connectivity index (χ4v) is 5.92. The molecule has 0 saturated carbocycles. The number of allylic oxidation sites excluding steroid dienone is 1. The van der Waals surface area contributed by atoms with Gasteiger partial charge >= 0.3 is 5.97 Å². The van der Waals surface area contributed by atoms with Crippen molar-refractivity contribution in [2.45, 2.75) is 33.6 Å². The number of nitrogens with zero attached hydrogens (tertiary/aromatic N) is 1. The molecule has 0 bridgehead atoms. The summed E-state index contributed by atoms with van der Waals surface area (Å²) in [5, 5.41) is 6.36. The van der Waals surface area contributed by atoms with E-state index in [-0.39, 0.29) is 11.3 Å². The van der Waals surface area contributed by atoms with Crippen LogP contribution in [0.3, 0.4) is 0 Å². The van der Waals surface area contributed by atoms with Crippen molar-refractivity contribution in [2.24, 2.45) is 11.3 Å². The lowest BCUT2D eigenvalue weighted by Crippen LogP contribution is -2.29. The van der Waals surface area contributed by atoms with E-state index in [9.17, 15) is 9.59 Å². The largest absolute Gasteiger partial charge is 0.452 e. The number of nitrogens with one attached hydrogen (secondary N) is 1. The molecular weight excluding hydrogens is 556 g/mol. The van der Waals surface area contributed by atoms with E-state index < -0.39 is 18.5 Å². The average molecular weight is 589 g/mol. The standard InChI is InChI=1S/C37H33ClN2O3/c1-37(2,3)27-19-26(18-23-12-15-28(38)16-13-23)35-31(21-27)34(30-10-6-7-11-32(30)40-35)36(42)43-22-33(41)39-29-17-14-24-8-4-5-9-25(24)20-29/h4-18,20,27H,19,21-22H2,1-3H3,(H,39,41)/b26-18-/t27-/m0/s1. The normalized spacial score (nSPS) is 15.8. The third-order valence-electron chi connectivity index (χ3n) is 8.22. The van der Waals surface area contributed by atoms with Crippen LogP contribution in [0.4, 0.5) is 5.69 Å². The first-order chi connectivity index (χ1) is 20.7. The van der Waals surface area contributed by atoms with E-state index >= 15 is 0 Å². The molecular formula is C37H33ClN2O3. The number of ether oxygens (including phenoxy) is 1. The van der Waals surface area contributed by atoms with E-state index in [1.165, 1.54) is 0 Å². The minimum Gasteiger partial charge on any atom is -0.452 e. The van der Waals surface area contributed by atoms with Crippen LogP contribution < -0.4 is 5.32 Å². The van der Waals surface area contributed by atoms with Gasteiger partial charge in [0.05, 0.1) is 16.8 Å². The molecule has 1 aromatic heterocycles. The SMILES string of the molecule is CC(C)(C)[C@H]1C/C(=C/c2ccc(Cl)cc2)c2nc3ccccc3c(C(=O)OCC(=O)Nc3ccc4ccccc4c3)c2C1. The van der Waals surface area contributed by atoms with Gasteiger partial charge in [0, 0.05) is 16.1 Å². The van der Waals surface area contributed by atoms with E-state index in [1.54, 1.807) is 0 Å². The van der Waals surface area contributed by atoms with Crippen molar-refractivity contribution in [1.82, 2.24) is 4.98 Å². The number of fused-ring (bicyclic) bond motifs is 3. The van der Waals surface area contributed by atoms with Crippen molar-refractivity contribution in [3.63, 3.8) is 0 Å². The number of hydrogen-bond donors (Lipinski definition) is 1. The van der Waals surface area contributed by atoms with Crippen LogP contribution >= 0.6 is 11.6 Å². The second kappa shape index (κ2) is 11.7. The predicted molar refractivity (Wildman–Crippen MR) is 175 cm³/mol. The zero-order valence-electron chi connectivity index (χ0n) is 24.5. The summed E-state index contributed by atoms with van der Waals surface area (Å²) in [4.78, 5) is 31.8. The predicted octanol–water partition coefficient (Wildman–Crippen LogP) is 8.99. The molecule has 0 fully saturated rings. The quantitative estimate of drug-likeness (QED) is 0.208. The number of esters is 1. The van der Waals surface area contributed by atoms with Crippen molar-refractivity contribution in [1.29, 1.82) is 0 Å². The second-order valence-corrected chi connectivity index (χ2v) is 12.6. The van der Waals surface area contributed by atoms with Gasteiger partial charge in [-0.15, -0.1) is 0 Å². The highest BCUT2D eigenvalue weighted by molar-refractivity contribution is 6.30. The first kappa shape index (κ1) is 28.6. The summed E-state index contributed by atoms with van der Waals surface area (Å²) in [5.41, 5.74) is 5.59. The summed E-state index contributed by atoms with van der Waals surface area (Å²) in [6.07, 6.45) is 3.65. The summed E-state index contributed by atoms with van der Waals surface area (Å²) >= 11 is 6.15. The fourth-order valence-electron chi connectivity index (χ4n) is 5.80. The molecule has 5 aromatic rings. The topological polar surface area (TPSA) is 68.3 Å². The highest BCUT2D eigenvalue weighted by Gasteiger charge is 2.35. The van der Waals surface area contributed by atoms with Gasteiger partial charge in [-0.25, -0.2) is 9.78 Å². The van der Waals surface area contributed by atoms with Gasteiger partial charge in [-0.05, 0) is 88.1 Å². The van der Waals surface area contributed by atoms with Crippen LogP contribution in [0.25, 0.3) is 33.3 Å². The molecule has 0 unspecified atom stereocenters. The molecule has 6 heteroatoms. The van der Waals surface area contributed by atoms with Crippen LogP contribution in [0.2, 0.25) is 5.02 Å². The Hall–Kier alpha value is -4.48. The van der Waals surface area contributed by atoms with E-state index in [4.69, 9.17) is 21.3 Å². The number of carbonyl (C=O) groups excluding carboxylic acids is 2. The molecule has 0 aliphatic heterocycles. The maximum Gasteiger partial charge on any atom is 0.339 e. The van der Waals surface area contributed by atoms with Crippen LogP contribution in [-0.2, 0) is 16.0 Å². The number of aromatic nitrogens is 1. The Labute approximate surface area is 256 Å². The summed E-state index contributed by atoms with van der Waals surface area (Å²) in [5.74, 6) is -0.653. The summed E-state index contributed by atoms with van der Waals surface area (Å²) < 4.78 is 5.70. The minimum absolute atomic E-state index is 0.0106. The summed E-state index contributed by atoms with van der Waals surface area (Å²) in [6, 6.07) is 29.0. The number of amides is 1. The lowest BCUT2D eigenvalue weighted by molar-refractivity contribution is -0.119. The van der Waals surface area contributed by atoms with Gasteiger partial charge in [0.2, 0.25) is 0 Å². The third kappa shape index (κ3) is 6.18. The average Bonchev–Trinajstić information content (AvgIpc) is 2.99. The van der Waals surface area contributed by atoms with E-state index in [2.05, 4.69) is 32.2 Å². The highest BCUT2D eigenvalue weighted by atomic mass is 35.5. The number of benzene rings is 4. The second-order valence-electron chi connectivity index (χ2n) is 12.2. The molecule has 1 heterocycles. The first-order valence-electron chi connectivity index (χ1n) is 14.5. The molecule has 6 rings (SSSR count). The van der Waals surface area contributed by atoms with Crippen LogP contribution in [0, 0.1) is 11.3 Å². The van der Waals surface area contributed by atoms with Crippen molar-refractivity contribution in [2.75, 3.05) is 11.9 Å². The van der Waals surface area contributed by atoms with Crippen LogP contribution in [0.1, 0.15) is 54.4 Å². The highest BCUT2D eigenvalue weighted by Crippen LogP contribution is 2.45. The molecule has 1 amide bonds. The lowest BCUT2D eigenvalue weighted by Gasteiger charge is -2.36. The molecule has 1 atom stereocenters. The number of halogens is 1. The Kier molecular flexibility index (Phi) is 7.76. The number of carbonyl (C=O) groups is 2. The van der Waals surface area contributed by atoms with Gasteiger partial charge in [0.15, 0.2) is 6.61 Å². The third-order valence-corrected chi connectivity index (χ3v) is 8.47. The molecule has 216 valence electrons. The molecule has 0 spiro atoms. The zero-order chi connectivity index (χ0) is 30.1. The summed E-state index contributed by atoms with van der Waals surface area (Å²) in [7, 11) is 0. The molecule has 1 N–H and O–H groups in total. The van der Waals surface area contributed by atoms with Crippen LogP contribution in [0.15, 0.2) is 91.0 Å². The number of rotatable bonds is 5. The Morgan fingerprint density at radius 3 is 2.42 bits per heavy atom. The Morgan fingerprint density at radius 2 is 1.65 bits per heavy atom. The minimum atomic E-state index is -0.524. The van der Waals surface area contributed by atoms with Gasteiger partial charge in [0.25, 0.3) is 5.91 Å². The number of para-hydroxylation sites is 1. The van der Waals surface area contributed by atoms with E-state index in [0.29, 0.717) is 28.2 Å². The molecule has 0 radical (unpaired) electrons. The van der Waals surface area contributed by atoms with Crippen molar-refractivity contribution in [3.05, 3.63) is 118 Å². The number of anilines is 1. The van der Waals surface area contributed by atoms with Gasteiger partial charge in [0.1, 0.15) is 0 Å². The molecule has 4 aromatic carbocycles. The molecule has 0 saturated heterocycles. The van der Waals surface area contributed by atoms with Gasteiger partial charge in [-0.3, -0.25) is 4.79 Å². The molecule has 43 heavy (non-hydrogen) atoms. The monoisotopic (exact) mass is 588 g/mol. The molecule has 1 aliphatic carbocycles. The zero-order valence-corrected chi connectivity index (χ0v) is 25.2. The van der Waals surface area contributed by atoms with Gasteiger partial charge in [-0.2, -0.15) is 0 Å². The Bertz CT molecular complexity index is 1890. The first-order valence-corrected chi connectivity index (χ1v) is 14.9. The number of hydrogen-bond acceptors (Lipinski definition) is 4. The lowest BCUT2D eigenvalue weighted by atomic mass is 9.69. The van der Waals surface area contributed by atoms with E-state index in [1.807, 2.05) is 91.0 Å².